The average Bonchev–Trinajstić information content (AvgIpc) is 3.17. The molecule has 1 aliphatic heterocycles. The van der Waals surface area contributed by atoms with Gasteiger partial charge in [-0.25, -0.2) is 4.79 Å². The van der Waals surface area contributed by atoms with Gasteiger partial charge in [0.05, 0.1) is 18.8 Å². The Hall–Kier alpha value is -2.24. The van der Waals surface area contributed by atoms with E-state index in [9.17, 15) is 34.5 Å². The van der Waals surface area contributed by atoms with E-state index >= 15 is 0 Å². The Bertz CT molecular complexity index is 591. The Balaban J connectivity index is 2.76. The van der Waals surface area contributed by atoms with E-state index in [4.69, 9.17) is 0 Å². The van der Waals surface area contributed by atoms with Crippen LogP contribution in [0, 0.1) is 5.92 Å². The number of aliphatic hydroxyl groups excluding tert-OH is 2. The highest BCUT2D eigenvalue weighted by atomic mass is 16.4. The van der Waals surface area contributed by atoms with Gasteiger partial charge in [-0.15, -0.1) is 0 Å². The van der Waals surface area contributed by atoms with Crippen LogP contribution in [0.4, 0.5) is 0 Å². The molecule has 0 bridgehead atoms. The Labute approximate surface area is 169 Å². The van der Waals surface area contributed by atoms with Crippen molar-refractivity contribution in [2.75, 3.05) is 13.2 Å². The van der Waals surface area contributed by atoms with Crippen LogP contribution in [0.1, 0.15) is 40.0 Å². The maximum absolute atomic E-state index is 12.4. The zero-order valence-corrected chi connectivity index (χ0v) is 17.0. The molecule has 5 atom stereocenters. The lowest BCUT2D eigenvalue weighted by Crippen LogP contribution is -2.60. The molecule has 1 aliphatic rings. The highest BCUT2D eigenvalue weighted by Gasteiger charge is 2.33. The summed E-state index contributed by atoms with van der Waals surface area (Å²) in [5, 5.41) is 38.5. The zero-order chi connectivity index (χ0) is 22.1. The number of rotatable bonds is 11. The van der Waals surface area contributed by atoms with Gasteiger partial charge in [-0.3, -0.25) is 14.4 Å². The molecular formula is C18H32N4O7. The zero-order valence-electron chi connectivity index (χ0n) is 17.0. The van der Waals surface area contributed by atoms with Crippen LogP contribution in [0.15, 0.2) is 0 Å². The van der Waals surface area contributed by atoms with Crippen molar-refractivity contribution in [2.24, 2.45) is 5.92 Å². The second kappa shape index (κ2) is 11.7. The van der Waals surface area contributed by atoms with E-state index in [1.54, 1.807) is 13.8 Å². The monoisotopic (exact) mass is 416 g/mol. The molecule has 7 N–H and O–H groups in total. The Morgan fingerprint density at radius 3 is 2.14 bits per heavy atom. The van der Waals surface area contributed by atoms with E-state index in [0.717, 1.165) is 6.42 Å². The second-order valence-electron chi connectivity index (χ2n) is 7.65. The SMILES string of the molecule is CC(C)CC(NC(=O)C(NC(=O)C(CO)NC(=O)C1CCCN1)C(C)O)C(=O)O. The van der Waals surface area contributed by atoms with Crippen LogP contribution in [0.3, 0.4) is 0 Å². The Kier molecular flexibility index (Phi) is 9.99. The number of amides is 3. The molecule has 11 heteroatoms. The number of aliphatic carboxylic acids is 1. The van der Waals surface area contributed by atoms with E-state index in [2.05, 4.69) is 21.3 Å². The molecule has 0 aliphatic carbocycles. The van der Waals surface area contributed by atoms with Crippen LogP contribution in [-0.2, 0) is 19.2 Å². The second-order valence-corrected chi connectivity index (χ2v) is 7.65. The summed E-state index contributed by atoms with van der Waals surface area (Å²) >= 11 is 0. The molecule has 3 amide bonds. The number of nitrogens with one attached hydrogen (secondary N) is 4. The summed E-state index contributed by atoms with van der Waals surface area (Å²) < 4.78 is 0. The third-order valence-electron chi connectivity index (χ3n) is 4.58. The minimum atomic E-state index is -1.45. The maximum atomic E-state index is 12.4. The van der Waals surface area contributed by atoms with Gasteiger partial charge < -0.3 is 36.6 Å². The fourth-order valence-corrected chi connectivity index (χ4v) is 2.99. The largest absolute Gasteiger partial charge is 0.480 e. The van der Waals surface area contributed by atoms with Gasteiger partial charge in [-0.05, 0) is 38.6 Å². The van der Waals surface area contributed by atoms with Gasteiger partial charge in [0.15, 0.2) is 0 Å². The summed E-state index contributed by atoms with van der Waals surface area (Å²) in [4.78, 5) is 48.4. The number of carbonyl (C=O) groups is 4. The van der Waals surface area contributed by atoms with Crippen molar-refractivity contribution in [3.05, 3.63) is 0 Å². The minimum Gasteiger partial charge on any atom is -0.480 e. The van der Waals surface area contributed by atoms with Gasteiger partial charge in [0, 0.05) is 0 Å². The molecule has 1 rings (SSSR count). The third-order valence-corrected chi connectivity index (χ3v) is 4.58. The summed E-state index contributed by atoms with van der Waals surface area (Å²) in [6.45, 7) is 4.83. The first kappa shape index (κ1) is 24.8. The summed E-state index contributed by atoms with van der Waals surface area (Å²) in [6.07, 6.45) is 0.264. The van der Waals surface area contributed by atoms with Crippen LogP contribution < -0.4 is 21.3 Å². The van der Waals surface area contributed by atoms with Crippen molar-refractivity contribution in [1.29, 1.82) is 0 Å². The van der Waals surface area contributed by atoms with E-state index in [1.165, 1.54) is 6.92 Å². The van der Waals surface area contributed by atoms with E-state index in [1.807, 2.05) is 0 Å². The molecular weight excluding hydrogens is 384 g/mol. The van der Waals surface area contributed by atoms with Crippen LogP contribution >= 0.6 is 0 Å². The van der Waals surface area contributed by atoms with Crippen molar-refractivity contribution < 1.29 is 34.5 Å². The number of carbonyl (C=O) groups excluding carboxylic acids is 3. The van der Waals surface area contributed by atoms with Gasteiger partial charge in [-0.1, -0.05) is 13.8 Å². The summed E-state index contributed by atoms with van der Waals surface area (Å²) in [5.74, 6) is -3.42. The number of hydrogen-bond donors (Lipinski definition) is 7. The highest BCUT2D eigenvalue weighted by molar-refractivity contribution is 5.94. The molecule has 0 saturated carbocycles. The molecule has 0 aromatic rings. The Morgan fingerprint density at radius 1 is 1.03 bits per heavy atom. The van der Waals surface area contributed by atoms with Gasteiger partial charge in [0.1, 0.15) is 18.1 Å². The molecule has 0 aromatic carbocycles. The first-order valence-corrected chi connectivity index (χ1v) is 9.73. The van der Waals surface area contributed by atoms with Crippen molar-refractivity contribution in [3.63, 3.8) is 0 Å². The third kappa shape index (κ3) is 7.95. The lowest BCUT2D eigenvalue weighted by atomic mass is 10.0. The van der Waals surface area contributed by atoms with Crippen molar-refractivity contribution in [1.82, 2.24) is 21.3 Å². The molecule has 1 fully saturated rings. The lowest BCUT2D eigenvalue weighted by Gasteiger charge is -2.26. The van der Waals surface area contributed by atoms with Crippen molar-refractivity contribution in [3.8, 4) is 0 Å². The normalized spacial score (nSPS) is 20.4. The van der Waals surface area contributed by atoms with Gasteiger partial charge in [-0.2, -0.15) is 0 Å². The van der Waals surface area contributed by atoms with Crippen LogP contribution in [-0.4, -0.2) is 82.4 Å². The molecule has 1 heterocycles. The topological polar surface area (TPSA) is 177 Å². The fraction of sp³-hybridized carbons (Fsp3) is 0.778. The lowest BCUT2D eigenvalue weighted by molar-refractivity contribution is -0.143. The van der Waals surface area contributed by atoms with Crippen molar-refractivity contribution >= 4 is 23.7 Å². The first-order valence-electron chi connectivity index (χ1n) is 9.73. The molecule has 11 nitrogen and oxygen atoms in total. The highest BCUT2D eigenvalue weighted by Crippen LogP contribution is 2.07. The quantitative estimate of drug-likeness (QED) is 0.196. The predicted octanol–water partition coefficient (Wildman–Crippen LogP) is -2.30. The Morgan fingerprint density at radius 2 is 1.69 bits per heavy atom. The van der Waals surface area contributed by atoms with Crippen molar-refractivity contribution in [2.45, 2.75) is 70.3 Å². The summed E-state index contributed by atoms with van der Waals surface area (Å²) in [5.41, 5.74) is 0. The number of carboxylic acid groups (broad SMARTS) is 1. The van der Waals surface area contributed by atoms with Crippen LogP contribution in [0.25, 0.3) is 0 Å². The molecule has 0 spiro atoms. The van der Waals surface area contributed by atoms with Gasteiger partial charge in [0.25, 0.3) is 0 Å². The smallest absolute Gasteiger partial charge is 0.326 e. The average molecular weight is 416 g/mol. The number of aliphatic hydroxyl groups is 2. The number of carboxylic acids is 1. The molecule has 5 unspecified atom stereocenters. The molecule has 0 aromatic heterocycles. The summed E-state index contributed by atoms with van der Waals surface area (Å²) in [7, 11) is 0. The van der Waals surface area contributed by atoms with Crippen LogP contribution in [0.5, 0.6) is 0 Å². The molecule has 0 radical (unpaired) electrons. The molecule has 166 valence electrons. The summed E-state index contributed by atoms with van der Waals surface area (Å²) in [6, 6.07) is -4.40. The van der Waals surface area contributed by atoms with Crippen LogP contribution in [0.2, 0.25) is 0 Å². The molecule has 29 heavy (non-hydrogen) atoms. The van der Waals surface area contributed by atoms with E-state index in [-0.39, 0.29) is 12.3 Å². The molecule has 1 saturated heterocycles. The van der Waals surface area contributed by atoms with E-state index in [0.29, 0.717) is 13.0 Å². The maximum Gasteiger partial charge on any atom is 0.326 e. The predicted molar refractivity (Wildman–Crippen MR) is 103 cm³/mol. The van der Waals surface area contributed by atoms with Gasteiger partial charge >= 0.3 is 5.97 Å². The minimum absolute atomic E-state index is 0.00540. The fourth-order valence-electron chi connectivity index (χ4n) is 2.99. The standard InChI is InChI=1S/C18H32N4O7/c1-9(2)7-12(18(28)29)20-17(27)14(10(3)24)22-16(26)13(8-23)21-15(25)11-5-4-6-19-11/h9-14,19,23-24H,4-8H2,1-3H3,(H,20,27)(H,21,25)(H,22,26)(H,28,29). The van der Waals surface area contributed by atoms with Gasteiger partial charge in [0.2, 0.25) is 17.7 Å². The number of hydrogen-bond acceptors (Lipinski definition) is 7. The van der Waals surface area contributed by atoms with E-state index < -0.39 is 60.6 Å². The first-order chi connectivity index (χ1) is 13.6.